The van der Waals surface area contributed by atoms with E-state index in [4.69, 9.17) is 9.47 Å². The van der Waals surface area contributed by atoms with Crippen LogP contribution in [0.25, 0.3) is 0 Å². The SMILES string of the molecule is CCCCOC(=O)C1C(C)=NC2=C(C(=O)CCC2)[C@@H]1c1ccc(OC(C)=O)cc1. The molecule has 1 aliphatic carbocycles. The van der Waals surface area contributed by atoms with Gasteiger partial charge >= 0.3 is 11.9 Å². The van der Waals surface area contributed by atoms with E-state index in [-0.39, 0.29) is 11.8 Å². The van der Waals surface area contributed by atoms with Crippen molar-refractivity contribution in [2.24, 2.45) is 10.9 Å². The smallest absolute Gasteiger partial charge is 0.315 e. The van der Waals surface area contributed by atoms with Gasteiger partial charge in [0.2, 0.25) is 0 Å². The first-order chi connectivity index (χ1) is 13.9. The number of ketones is 1. The normalized spacial score (nSPS) is 21.3. The number of aliphatic imine (C=N–C) groups is 1. The van der Waals surface area contributed by atoms with Gasteiger partial charge in [-0.05, 0) is 43.9 Å². The Hall–Kier alpha value is -2.76. The molecule has 1 aliphatic heterocycles. The third kappa shape index (κ3) is 4.63. The Bertz CT molecular complexity index is 866. The summed E-state index contributed by atoms with van der Waals surface area (Å²) < 4.78 is 10.6. The molecule has 0 spiro atoms. The predicted molar refractivity (Wildman–Crippen MR) is 109 cm³/mol. The zero-order valence-electron chi connectivity index (χ0n) is 17.2. The number of carbonyl (C=O) groups excluding carboxylic acids is 3. The van der Waals surface area contributed by atoms with Crippen LogP contribution >= 0.6 is 0 Å². The van der Waals surface area contributed by atoms with E-state index >= 15 is 0 Å². The number of esters is 2. The molecule has 2 atom stereocenters. The van der Waals surface area contributed by atoms with Crippen LogP contribution in [0.4, 0.5) is 0 Å². The van der Waals surface area contributed by atoms with Gasteiger partial charge in [0.15, 0.2) is 5.78 Å². The number of hydrogen-bond donors (Lipinski definition) is 0. The third-order valence-corrected chi connectivity index (χ3v) is 5.33. The van der Waals surface area contributed by atoms with Crippen molar-refractivity contribution in [3.05, 3.63) is 41.1 Å². The van der Waals surface area contributed by atoms with E-state index in [0.717, 1.165) is 36.9 Å². The second-order valence-corrected chi connectivity index (χ2v) is 7.53. The molecule has 0 amide bonds. The van der Waals surface area contributed by atoms with E-state index in [2.05, 4.69) is 4.99 Å². The Labute approximate surface area is 171 Å². The average Bonchev–Trinajstić information content (AvgIpc) is 2.67. The summed E-state index contributed by atoms with van der Waals surface area (Å²) in [7, 11) is 0. The predicted octanol–water partition coefficient (Wildman–Crippen LogP) is 4.14. The summed E-state index contributed by atoms with van der Waals surface area (Å²) in [4.78, 5) is 41.6. The molecule has 0 radical (unpaired) electrons. The van der Waals surface area contributed by atoms with Gasteiger partial charge in [0, 0.05) is 36.2 Å². The van der Waals surface area contributed by atoms with Crippen LogP contribution < -0.4 is 4.74 Å². The lowest BCUT2D eigenvalue weighted by Gasteiger charge is -2.34. The molecule has 1 heterocycles. The minimum Gasteiger partial charge on any atom is -0.465 e. The number of Topliss-reactive ketones (excluding diaryl/α,β-unsaturated/α-hetero) is 1. The van der Waals surface area contributed by atoms with Crippen molar-refractivity contribution in [2.45, 2.75) is 58.8 Å². The fourth-order valence-electron chi connectivity index (χ4n) is 3.99. The minimum atomic E-state index is -0.632. The molecule has 0 aromatic heterocycles. The Kier molecular flexibility index (Phi) is 6.62. The van der Waals surface area contributed by atoms with E-state index < -0.39 is 17.8 Å². The molecule has 6 nitrogen and oxygen atoms in total. The summed E-state index contributed by atoms with van der Waals surface area (Å²) in [6.07, 6.45) is 3.70. The molecular weight excluding hydrogens is 370 g/mol. The van der Waals surface area contributed by atoms with Crippen molar-refractivity contribution in [2.75, 3.05) is 6.61 Å². The Morgan fingerprint density at radius 2 is 1.90 bits per heavy atom. The van der Waals surface area contributed by atoms with Gasteiger partial charge in [0.25, 0.3) is 0 Å². The summed E-state index contributed by atoms with van der Waals surface area (Å²) in [5.74, 6) is -1.35. The van der Waals surface area contributed by atoms with Crippen LogP contribution in [-0.4, -0.2) is 30.0 Å². The van der Waals surface area contributed by atoms with E-state index in [1.165, 1.54) is 6.92 Å². The molecule has 0 bridgehead atoms. The molecular formula is C23H27NO5. The number of ether oxygens (including phenoxy) is 2. The van der Waals surface area contributed by atoms with Gasteiger partial charge in [0.05, 0.1) is 6.61 Å². The van der Waals surface area contributed by atoms with E-state index in [0.29, 0.717) is 30.1 Å². The Balaban J connectivity index is 1.99. The molecule has 1 aromatic carbocycles. The fourth-order valence-corrected chi connectivity index (χ4v) is 3.99. The van der Waals surface area contributed by atoms with E-state index in [1.54, 1.807) is 24.3 Å². The summed E-state index contributed by atoms with van der Waals surface area (Å²) >= 11 is 0. The highest BCUT2D eigenvalue weighted by molar-refractivity contribution is 6.08. The molecule has 0 fully saturated rings. The number of allylic oxidation sites excluding steroid dienone is 2. The molecule has 1 unspecified atom stereocenters. The molecule has 0 N–H and O–H groups in total. The number of rotatable bonds is 6. The van der Waals surface area contributed by atoms with Crippen molar-refractivity contribution >= 4 is 23.4 Å². The first-order valence-electron chi connectivity index (χ1n) is 10.2. The fraction of sp³-hybridized carbons (Fsp3) is 0.478. The van der Waals surface area contributed by atoms with Crippen molar-refractivity contribution in [1.82, 2.24) is 0 Å². The van der Waals surface area contributed by atoms with Crippen molar-refractivity contribution in [3.8, 4) is 5.75 Å². The maximum Gasteiger partial charge on any atom is 0.315 e. The van der Waals surface area contributed by atoms with Crippen LogP contribution in [0.15, 0.2) is 40.5 Å². The molecule has 2 aliphatic rings. The molecule has 6 heteroatoms. The van der Waals surface area contributed by atoms with Gasteiger partial charge in [-0.25, -0.2) is 0 Å². The summed E-state index contributed by atoms with van der Waals surface area (Å²) in [5, 5.41) is 0. The summed E-state index contributed by atoms with van der Waals surface area (Å²) in [6.45, 7) is 5.56. The van der Waals surface area contributed by atoms with Crippen LogP contribution in [0.5, 0.6) is 5.75 Å². The Morgan fingerprint density at radius 3 is 2.55 bits per heavy atom. The number of benzene rings is 1. The van der Waals surface area contributed by atoms with Gasteiger partial charge in [-0.2, -0.15) is 0 Å². The highest BCUT2D eigenvalue weighted by Gasteiger charge is 2.43. The first-order valence-corrected chi connectivity index (χ1v) is 10.2. The topological polar surface area (TPSA) is 82.0 Å². The van der Waals surface area contributed by atoms with Gasteiger partial charge in [-0.15, -0.1) is 0 Å². The lowest BCUT2D eigenvalue weighted by Crippen LogP contribution is -2.37. The van der Waals surface area contributed by atoms with Gasteiger partial charge < -0.3 is 9.47 Å². The van der Waals surface area contributed by atoms with Crippen molar-refractivity contribution in [1.29, 1.82) is 0 Å². The minimum absolute atomic E-state index is 0.0444. The van der Waals surface area contributed by atoms with E-state index in [1.807, 2.05) is 13.8 Å². The molecule has 3 rings (SSSR count). The monoisotopic (exact) mass is 397 g/mol. The van der Waals surface area contributed by atoms with Gasteiger partial charge in [-0.3, -0.25) is 19.4 Å². The van der Waals surface area contributed by atoms with Crippen LogP contribution in [0.2, 0.25) is 0 Å². The average molecular weight is 397 g/mol. The van der Waals surface area contributed by atoms with Gasteiger partial charge in [-0.1, -0.05) is 25.5 Å². The lowest BCUT2D eigenvalue weighted by atomic mass is 9.72. The van der Waals surface area contributed by atoms with Crippen molar-refractivity contribution < 1.29 is 23.9 Å². The molecule has 1 aromatic rings. The zero-order valence-corrected chi connectivity index (χ0v) is 17.2. The maximum atomic E-state index is 13.0. The van der Waals surface area contributed by atoms with Crippen LogP contribution in [0.3, 0.4) is 0 Å². The lowest BCUT2D eigenvalue weighted by molar-refractivity contribution is -0.146. The Morgan fingerprint density at radius 1 is 1.17 bits per heavy atom. The van der Waals surface area contributed by atoms with Crippen LogP contribution in [-0.2, 0) is 19.1 Å². The number of hydrogen-bond acceptors (Lipinski definition) is 6. The quantitative estimate of drug-likeness (QED) is 0.409. The molecule has 29 heavy (non-hydrogen) atoms. The van der Waals surface area contributed by atoms with Gasteiger partial charge in [0.1, 0.15) is 11.7 Å². The van der Waals surface area contributed by atoms with Crippen molar-refractivity contribution in [3.63, 3.8) is 0 Å². The highest BCUT2D eigenvalue weighted by Crippen LogP contribution is 2.43. The second-order valence-electron chi connectivity index (χ2n) is 7.53. The number of unbranched alkanes of at least 4 members (excludes halogenated alkanes) is 1. The van der Waals surface area contributed by atoms with E-state index in [9.17, 15) is 14.4 Å². The number of nitrogens with zero attached hydrogens (tertiary/aromatic N) is 1. The molecule has 0 saturated carbocycles. The number of carbonyl (C=O) groups is 3. The third-order valence-electron chi connectivity index (χ3n) is 5.33. The summed E-state index contributed by atoms with van der Waals surface area (Å²) in [6, 6.07) is 6.98. The zero-order chi connectivity index (χ0) is 21.0. The highest BCUT2D eigenvalue weighted by atomic mass is 16.5. The standard InChI is InChI=1S/C23H27NO5/c1-4-5-13-28-23(27)20-14(2)24-18-7-6-8-19(26)22(18)21(20)16-9-11-17(12-10-16)29-15(3)25/h9-12,20-21H,4-8,13H2,1-3H3/t20?,21-/m1/s1. The van der Waals surface area contributed by atoms with Crippen LogP contribution in [0.1, 0.15) is 64.4 Å². The molecule has 0 saturated heterocycles. The summed E-state index contributed by atoms with van der Waals surface area (Å²) in [5.41, 5.74) is 2.90. The second kappa shape index (κ2) is 9.16. The maximum absolute atomic E-state index is 13.0. The van der Waals surface area contributed by atoms with Crippen LogP contribution in [0, 0.1) is 5.92 Å². The molecule has 154 valence electrons. The largest absolute Gasteiger partial charge is 0.465 e. The first kappa shape index (κ1) is 21.0.